The van der Waals surface area contributed by atoms with Crippen molar-refractivity contribution >= 4 is 11.6 Å². The van der Waals surface area contributed by atoms with Crippen LogP contribution in [0, 0.1) is 111 Å². The molecule has 10 aromatic rings. The van der Waals surface area contributed by atoms with Crippen molar-refractivity contribution in [2.45, 2.75) is 174 Å². The van der Waals surface area contributed by atoms with Gasteiger partial charge in [-0.05, 0) is 239 Å². The summed E-state index contributed by atoms with van der Waals surface area (Å²) in [4.78, 5) is 11.9. The molecular formula is C97H130ClF9N4O3. The molecule has 3 aliphatic heterocycles. The van der Waals surface area contributed by atoms with Gasteiger partial charge in [0, 0.05) is 88.1 Å². The molecule has 0 spiro atoms. The van der Waals surface area contributed by atoms with Crippen LogP contribution in [0.3, 0.4) is 0 Å². The zero-order valence-electron chi connectivity index (χ0n) is 71.1. The van der Waals surface area contributed by atoms with E-state index < -0.39 is 29.3 Å². The van der Waals surface area contributed by atoms with Gasteiger partial charge in [-0.1, -0.05) is 221 Å². The fourth-order valence-electron chi connectivity index (χ4n) is 9.57. The number of aromatic nitrogens is 2. The van der Waals surface area contributed by atoms with Crippen LogP contribution in [0.4, 0.5) is 39.5 Å². The Hall–Kier alpha value is -8.64. The van der Waals surface area contributed by atoms with Crippen LogP contribution in [-0.4, -0.2) is 99.5 Å². The lowest BCUT2D eigenvalue weighted by atomic mass is 9.91. The molecule has 0 N–H and O–H groups in total. The van der Waals surface area contributed by atoms with Crippen molar-refractivity contribution in [3.8, 4) is 5.75 Å². The predicted molar refractivity (Wildman–Crippen MR) is 461 cm³/mol. The Balaban J connectivity index is 0.00000121. The molecule has 1 aliphatic carbocycles. The van der Waals surface area contributed by atoms with E-state index in [4.69, 9.17) is 25.8 Å². The highest BCUT2D eigenvalue weighted by atomic mass is 35.5. The Morgan fingerprint density at radius 2 is 0.798 bits per heavy atom. The molecule has 17 heteroatoms. The molecule has 0 unspecified atom stereocenters. The van der Waals surface area contributed by atoms with Crippen LogP contribution in [0.1, 0.15) is 152 Å². The van der Waals surface area contributed by atoms with Gasteiger partial charge in [-0.3, -0.25) is 9.97 Å². The van der Waals surface area contributed by atoms with E-state index in [0.717, 1.165) is 97.0 Å². The van der Waals surface area contributed by atoms with E-state index in [2.05, 4.69) is 99.9 Å². The van der Waals surface area contributed by atoms with Crippen molar-refractivity contribution in [1.29, 1.82) is 0 Å². The van der Waals surface area contributed by atoms with Gasteiger partial charge in [-0.2, -0.15) is 13.2 Å². The van der Waals surface area contributed by atoms with Crippen LogP contribution >= 0.6 is 11.6 Å². The molecule has 0 radical (unpaired) electrons. The van der Waals surface area contributed by atoms with Crippen molar-refractivity contribution in [2.24, 2.45) is 11.8 Å². The molecule has 0 atom stereocenters. The minimum atomic E-state index is -4.21. The number of aryl methyl sites for hydroxylation is 11. The van der Waals surface area contributed by atoms with Gasteiger partial charge < -0.3 is 24.0 Å². The minimum Gasteiger partial charge on any atom is -0.497 e. The number of morpholine rings is 1. The summed E-state index contributed by atoms with van der Waals surface area (Å²) in [5.41, 5.74) is 11.9. The van der Waals surface area contributed by atoms with Gasteiger partial charge in [0.05, 0.1) is 25.9 Å². The smallest absolute Gasteiger partial charge is 0.416 e. The van der Waals surface area contributed by atoms with E-state index in [0.29, 0.717) is 18.7 Å². The number of hydrogen-bond donors (Lipinski definition) is 0. The summed E-state index contributed by atoms with van der Waals surface area (Å²) in [6.45, 7) is 37.4. The summed E-state index contributed by atoms with van der Waals surface area (Å²) in [5, 5.41) is 0.801. The number of alkyl halides is 5. The largest absolute Gasteiger partial charge is 0.497 e. The Labute approximate surface area is 684 Å². The first-order chi connectivity index (χ1) is 54.1. The molecule has 4 fully saturated rings. The van der Waals surface area contributed by atoms with Crippen LogP contribution in [0.5, 0.6) is 5.75 Å². The number of methoxy groups -OCH3 is 1. The molecule has 8 aromatic carbocycles. The summed E-state index contributed by atoms with van der Waals surface area (Å²) >= 11 is 5.61. The van der Waals surface area contributed by atoms with Crippen molar-refractivity contribution in [1.82, 2.24) is 19.8 Å². The van der Waals surface area contributed by atoms with E-state index in [1.807, 2.05) is 164 Å². The van der Waals surface area contributed by atoms with Crippen LogP contribution in [-0.2, 0) is 15.7 Å². The SMILES string of the molecule is CC.CC1CCCCC1.CC1CCOCC1.CN1CCC(F)(F)CC1.CN1CCOCC1.COc1ccc(C)cc1.Cc1cc(F)cc(F)c1.Cc1ccc(C(F)(F)F)cc1.Cc1ccc(Cl)cc1.Cc1ccc(F)cc1.Cc1cccc(F)c1.Cc1ccccc1.Cc1ccccc1C.Cc1cccnc1.Cc1ccncc1. The maximum Gasteiger partial charge on any atom is 0.416 e. The fourth-order valence-corrected chi connectivity index (χ4v) is 9.70. The van der Waals surface area contributed by atoms with Crippen molar-refractivity contribution in [3.05, 3.63) is 338 Å². The molecule has 2 aromatic heterocycles. The first-order valence-corrected chi connectivity index (χ1v) is 39.5. The first-order valence-electron chi connectivity index (χ1n) is 39.2. The highest BCUT2D eigenvalue weighted by Gasteiger charge is 2.32. The van der Waals surface area contributed by atoms with Crippen LogP contribution in [0.15, 0.2) is 243 Å². The normalized spacial score (nSPS) is 13.8. The van der Waals surface area contributed by atoms with Crippen molar-refractivity contribution < 1.29 is 53.7 Å². The van der Waals surface area contributed by atoms with Crippen molar-refractivity contribution in [2.75, 3.05) is 73.8 Å². The Bertz CT molecular complexity index is 3570. The van der Waals surface area contributed by atoms with Crippen LogP contribution < -0.4 is 4.74 Å². The Morgan fingerprint density at radius 1 is 0.395 bits per heavy atom. The van der Waals surface area contributed by atoms with E-state index in [1.54, 1.807) is 57.7 Å². The van der Waals surface area contributed by atoms with Gasteiger partial charge in [0.15, 0.2) is 0 Å². The third-order valence-corrected chi connectivity index (χ3v) is 17.3. The first kappa shape index (κ1) is 105. The molecule has 114 heavy (non-hydrogen) atoms. The highest BCUT2D eigenvalue weighted by molar-refractivity contribution is 6.30. The Morgan fingerprint density at radius 3 is 1.10 bits per heavy atom. The molecule has 14 rings (SSSR count). The number of benzene rings is 8. The molecular weight excluding hydrogens is 1480 g/mol. The van der Waals surface area contributed by atoms with Gasteiger partial charge in [-0.15, -0.1) is 0 Å². The maximum absolute atomic E-state index is 12.4. The van der Waals surface area contributed by atoms with Crippen molar-refractivity contribution in [3.63, 3.8) is 0 Å². The summed E-state index contributed by atoms with van der Waals surface area (Å²) in [6.07, 6.45) is 13.0. The number of likely N-dealkylation sites (tertiary alicyclic amines) is 1. The highest BCUT2D eigenvalue weighted by Crippen LogP contribution is 2.29. The lowest BCUT2D eigenvalue weighted by Gasteiger charge is -2.28. The third-order valence-electron chi connectivity index (χ3n) is 17.0. The van der Waals surface area contributed by atoms with E-state index in [9.17, 15) is 39.5 Å². The second kappa shape index (κ2) is 64.6. The number of halogens is 10. The number of pyridine rings is 2. The van der Waals surface area contributed by atoms with Gasteiger partial charge >= 0.3 is 6.18 Å². The molecule has 3 saturated heterocycles. The number of hydrogen-bond acceptors (Lipinski definition) is 7. The zero-order chi connectivity index (χ0) is 85.5. The van der Waals surface area contributed by atoms with Gasteiger partial charge in [0.1, 0.15) is 29.0 Å². The molecule has 0 bridgehead atoms. The molecule has 7 nitrogen and oxygen atoms in total. The second-order valence-electron chi connectivity index (χ2n) is 28.1. The number of likely N-dealkylation sites (N-methyl/N-ethyl adjacent to an activating group) is 1. The zero-order valence-corrected chi connectivity index (χ0v) is 71.8. The number of piperidine rings is 1. The standard InChI is InChI=1S/C8H7F3.C8H10O.C8H10.C7H7Cl.C7H6F2.2C7H7F.C7H14.C7H8.C6H11F2N.2C6H7N.C6H12O.C5H11NO.C2H6/c1-6-2-4-7(5-3-6)8(9,10)11;1-7-3-5-8(9-2)6-4-7;1-7-5-3-4-6-8(7)2;1-6-2-4-7(8)5-3-6;1-5-2-6(8)4-7(9)3-5;1-6-2-4-7(8)5-3-6;1-6-3-2-4-7(8)5-6;2*1-7-5-3-2-4-6-7;1-9-4-2-6(7,8)3-5-9;1-6-2-4-7-5-3-6;1-6-3-2-4-7-5-6;2*1-6-2-4-7-5-3-6;1-2/h2-5H,1H3;3-6H,1-2H3;3-6H,1-2H3;2-5H,1H3;2-4H,1H3;2*2-5H,1H3;7H,2-6H2,1H3;2-6H,1H3;2-5H2,1H3;2*2-5H,1H3;6H,2-5H2,1H3;2-5H2,1H3;1-2H3. The Kier molecular flexibility index (Phi) is 59.7. The quantitative estimate of drug-likeness (QED) is 0.152. The molecule has 626 valence electrons. The van der Waals surface area contributed by atoms with Gasteiger partial charge in [0.25, 0.3) is 5.92 Å². The summed E-state index contributed by atoms with van der Waals surface area (Å²) in [6, 6.07) is 63.6. The predicted octanol–water partition coefficient (Wildman–Crippen LogP) is 27.6. The van der Waals surface area contributed by atoms with Crippen LogP contribution in [0.2, 0.25) is 5.02 Å². The maximum atomic E-state index is 12.4. The summed E-state index contributed by atoms with van der Waals surface area (Å²) in [5.74, 6) is -0.893. The molecule has 1 saturated carbocycles. The summed E-state index contributed by atoms with van der Waals surface area (Å²) in [7, 11) is 5.66. The van der Waals surface area contributed by atoms with Gasteiger partial charge in [-0.25, -0.2) is 26.3 Å². The number of ether oxygens (including phenoxy) is 3. The topological polar surface area (TPSA) is 60.0 Å². The third kappa shape index (κ3) is 61.8. The average molecular weight is 1610 g/mol. The lowest BCUT2D eigenvalue weighted by molar-refractivity contribution is -0.137. The van der Waals surface area contributed by atoms with E-state index >= 15 is 0 Å². The number of nitrogens with zero attached hydrogens (tertiary/aromatic N) is 4. The van der Waals surface area contributed by atoms with Crippen LogP contribution in [0.25, 0.3) is 0 Å². The van der Waals surface area contributed by atoms with E-state index in [1.165, 1.54) is 132 Å². The monoisotopic (exact) mass is 1600 g/mol. The average Bonchev–Trinajstić information content (AvgIpc) is 0.845. The molecule has 0 amide bonds. The number of rotatable bonds is 1. The second-order valence-corrected chi connectivity index (χ2v) is 28.6. The molecule has 4 aliphatic rings. The molecule has 5 heterocycles. The minimum absolute atomic E-state index is 0.0312. The van der Waals surface area contributed by atoms with Gasteiger partial charge in [0.2, 0.25) is 0 Å². The lowest BCUT2D eigenvalue weighted by Crippen LogP contribution is -2.36. The summed E-state index contributed by atoms with van der Waals surface area (Å²) < 4.78 is 124. The fraction of sp³-hybridized carbons (Fsp3) is 0.402. The van der Waals surface area contributed by atoms with E-state index in [-0.39, 0.29) is 24.5 Å².